The highest BCUT2D eigenvalue weighted by molar-refractivity contribution is 5.93. The fraction of sp³-hybridized carbons (Fsp3) is 0.120. The molecule has 0 aliphatic carbocycles. The van der Waals surface area contributed by atoms with E-state index in [0.717, 1.165) is 12.1 Å². The van der Waals surface area contributed by atoms with Gasteiger partial charge >= 0.3 is 6.18 Å². The van der Waals surface area contributed by atoms with Crippen LogP contribution >= 0.6 is 0 Å². The summed E-state index contributed by atoms with van der Waals surface area (Å²) >= 11 is 0. The number of rotatable bonds is 6. The van der Waals surface area contributed by atoms with Gasteiger partial charge in [-0.15, -0.1) is 0 Å². The van der Waals surface area contributed by atoms with Crippen LogP contribution in [0.2, 0.25) is 0 Å². The summed E-state index contributed by atoms with van der Waals surface area (Å²) in [6.07, 6.45) is -4.40. The molecule has 0 bridgehead atoms. The first-order valence-electron chi connectivity index (χ1n) is 10.6. The number of hydrogen-bond acceptors (Lipinski definition) is 4. The van der Waals surface area contributed by atoms with E-state index < -0.39 is 16.7 Å². The zero-order valence-corrected chi connectivity index (χ0v) is 18.4. The summed E-state index contributed by atoms with van der Waals surface area (Å²) in [5.41, 5.74) is 2.50. The van der Waals surface area contributed by atoms with Gasteiger partial charge in [-0.05, 0) is 48.4 Å². The van der Waals surface area contributed by atoms with Crippen LogP contribution < -0.4 is 5.32 Å². The minimum absolute atomic E-state index is 0.0766. The van der Waals surface area contributed by atoms with Crippen LogP contribution in [0.1, 0.15) is 23.0 Å². The third-order valence-corrected chi connectivity index (χ3v) is 5.31. The molecule has 1 N–H and O–H groups in total. The van der Waals surface area contributed by atoms with E-state index in [0.29, 0.717) is 34.6 Å². The molecular formula is C25H19F3N4O3. The van der Waals surface area contributed by atoms with Crippen LogP contribution in [0.15, 0.2) is 78.9 Å². The first-order valence-corrected chi connectivity index (χ1v) is 10.6. The first kappa shape index (κ1) is 23.7. The van der Waals surface area contributed by atoms with Crippen LogP contribution in [0.4, 0.5) is 18.9 Å². The smallest absolute Gasteiger partial charge is 0.351 e. The highest BCUT2D eigenvalue weighted by atomic mass is 19.4. The number of non-ortho nitro benzene ring substituents is 1. The molecule has 0 atom stereocenters. The quantitative estimate of drug-likeness (QED) is 0.276. The maximum Gasteiger partial charge on any atom is 0.416 e. The van der Waals surface area contributed by atoms with Crippen molar-refractivity contribution in [1.29, 1.82) is 0 Å². The van der Waals surface area contributed by atoms with Gasteiger partial charge in [0.25, 0.3) is 11.6 Å². The van der Waals surface area contributed by atoms with Gasteiger partial charge in [0, 0.05) is 24.2 Å². The molecule has 0 unspecified atom stereocenters. The van der Waals surface area contributed by atoms with Crippen molar-refractivity contribution in [1.82, 2.24) is 15.1 Å². The van der Waals surface area contributed by atoms with Gasteiger partial charge in [-0.1, -0.05) is 36.4 Å². The summed E-state index contributed by atoms with van der Waals surface area (Å²) in [5.74, 6) is -0.365. The lowest BCUT2D eigenvalue weighted by Crippen LogP contribution is -2.23. The molecule has 0 saturated heterocycles. The number of hydrogen-bond donors (Lipinski definition) is 1. The molecule has 0 aliphatic heterocycles. The number of aromatic nitrogens is 2. The molecule has 1 heterocycles. The summed E-state index contributed by atoms with van der Waals surface area (Å²) in [6, 6.07) is 19.3. The summed E-state index contributed by atoms with van der Waals surface area (Å²) in [7, 11) is 0. The topological polar surface area (TPSA) is 90.1 Å². The molecule has 1 amide bonds. The standard InChI is InChI=1S/C25H19F3N4O3/c1-2-29-24(33)22-15-23(31(30-22)20-11-13-21(14-12-20)32(34)35)18-5-3-16(4-6-18)17-7-9-19(10-8-17)25(26,27)28/h3-15H,2H2,1H3,(H,29,33). The Labute approximate surface area is 198 Å². The maximum atomic E-state index is 12.8. The summed E-state index contributed by atoms with van der Waals surface area (Å²) in [5, 5.41) is 18.1. The van der Waals surface area contributed by atoms with E-state index in [4.69, 9.17) is 0 Å². The number of nitro groups is 1. The minimum Gasteiger partial charge on any atom is -0.351 e. The van der Waals surface area contributed by atoms with Gasteiger partial charge in [0.2, 0.25) is 0 Å². The molecule has 0 radical (unpaired) electrons. The Morgan fingerprint density at radius 2 is 1.49 bits per heavy atom. The second-order valence-electron chi connectivity index (χ2n) is 7.61. The number of nitro benzene ring substituents is 1. The summed E-state index contributed by atoms with van der Waals surface area (Å²) < 4.78 is 40.0. The molecule has 0 aliphatic rings. The predicted molar refractivity (Wildman–Crippen MR) is 124 cm³/mol. The molecule has 10 heteroatoms. The van der Waals surface area contributed by atoms with Gasteiger partial charge < -0.3 is 5.32 Å². The molecule has 1 aromatic heterocycles. The Bertz CT molecular complexity index is 1360. The van der Waals surface area contributed by atoms with Crippen molar-refractivity contribution in [2.45, 2.75) is 13.1 Å². The highest BCUT2D eigenvalue weighted by Crippen LogP contribution is 2.32. The Morgan fingerprint density at radius 3 is 2.00 bits per heavy atom. The third kappa shape index (κ3) is 5.06. The molecule has 0 spiro atoms. The van der Waals surface area contributed by atoms with E-state index >= 15 is 0 Å². The number of nitrogens with zero attached hydrogens (tertiary/aromatic N) is 3. The van der Waals surface area contributed by atoms with Crippen molar-refractivity contribution >= 4 is 11.6 Å². The number of nitrogens with one attached hydrogen (secondary N) is 1. The highest BCUT2D eigenvalue weighted by Gasteiger charge is 2.30. The lowest BCUT2D eigenvalue weighted by molar-refractivity contribution is -0.384. The zero-order chi connectivity index (χ0) is 25.2. The number of carbonyl (C=O) groups excluding carboxylic acids is 1. The average molecular weight is 480 g/mol. The fourth-order valence-corrected chi connectivity index (χ4v) is 3.55. The van der Waals surface area contributed by atoms with Crippen molar-refractivity contribution < 1.29 is 22.9 Å². The molecule has 35 heavy (non-hydrogen) atoms. The number of halogens is 3. The Morgan fingerprint density at radius 1 is 0.943 bits per heavy atom. The van der Waals surface area contributed by atoms with Gasteiger partial charge in [0.1, 0.15) is 0 Å². The molecular weight excluding hydrogens is 461 g/mol. The number of benzene rings is 3. The number of amides is 1. The van der Waals surface area contributed by atoms with Gasteiger partial charge in [-0.25, -0.2) is 4.68 Å². The van der Waals surface area contributed by atoms with Crippen molar-refractivity contribution in [3.8, 4) is 28.1 Å². The maximum absolute atomic E-state index is 12.8. The molecule has 0 saturated carbocycles. The Hall–Kier alpha value is -4.47. The molecule has 178 valence electrons. The van der Waals surface area contributed by atoms with E-state index in [-0.39, 0.29) is 17.3 Å². The lowest BCUT2D eigenvalue weighted by atomic mass is 10.0. The normalized spacial score (nSPS) is 11.3. The third-order valence-electron chi connectivity index (χ3n) is 5.31. The second kappa shape index (κ2) is 9.41. The van der Waals surface area contributed by atoms with Crippen LogP contribution in [0.5, 0.6) is 0 Å². The van der Waals surface area contributed by atoms with E-state index in [1.165, 1.54) is 41.1 Å². The average Bonchev–Trinajstić information content (AvgIpc) is 3.30. The second-order valence-corrected chi connectivity index (χ2v) is 7.61. The summed E-state index contributed by atoms with van der Waals surface area (Å²) in [6.45, 7) is 2.20. The zero-order valence-electron chi connectivity index (χ0n) is 18.4. The van der Waals surface area contributed by atoms with Crippen molar-refractivity contribution in [3.63, 3.8) is 0 Å². The SMILES string of the molecule is CCNC(=O)c1cc(-c2ccc(-c3ccc(C(F)(F)F)cc3)cc2)n(-c2ccc([N+](=O)[O-])cc2)n1. The van der Waals surface area contributed by atoms with Gasteiger partial charge in [0.05, 0.1) is 21.9 Å². The van der Waals surface area contributed by atoms with E-state index in [1.807, 2.05) is 0 Å². The monoisotopic (exact) mass is 480 g/mol. The van der Waals surface area contributed by atoms with Crippen LogP contribution in [0.25, 0.3) is 28.1 Å². The Balaban J connectivity index is 1.71. The molecule has 7 nitrogen and oxygen atoms in total. The van der Waals surface area contributed by atoms with Crippen LogP contribution in [-0.4, -0.2) is 27.2 Å². The van der Waals surface area contributed by atoms with Crippen molar-refractivity contribution in [2.75, 3.05) is 6.54 Å². The molecule has 4 rings (SSSR count). The largest absolute Gasteiger partial charge is 0.416 e. The molecule has 3 aromatic carbocycles. The van der Waals surface area contributed by atoms with Crippen LogP contribution in [0.3, 0.4) is 0 Å². The van der Waals surface area contributed by atoms with Gasteiger partial charge in [0.15, 0.2) is 5.69 Å². The fourth-order valence-electron chi connectivity index (χ4n) is 3.55. The van der Waals surface area contributed by atoms with Crippen molar-refractivity contribution in [3.05, 3.63) is 100 Å². The number of alkyl halides is 3. The van der Waals surface area contributed by atoms with Crippen LogP contribution in [0, 0.1) is 10.1 Å². The Kier molecular flexibility index (Phi) is 6.37. The van der Waals surface area contributed by atoms with Crippen molar-refractivity contribution in [2.24, 2.45) is 0 Å². The number of carbonyl (C=O) groups is 1. The predicted octanol–water partition coefficient (Wildman–Crippen LogP) is 5.88. The van der Waals surface area contributed by atoms with Gasteiger partial charge in [-0.3, -0.25) is 14.9 Å². The van der Waals surface area contributed by atoms with Gasteiger partial charge in [-0.2, -0.15) is 18.3 Å². The molecule has 4 aromatic rings. The van der Waals surface area contributed by atoms with E-state index in [9.17, 15) is 28.1 Å². The first-order chi connectivity index (χ1) is 16.7. The minimum atomic E-state index is -4.40. The lowest BCUT2D eigenvalue weighted by Gasteiger charge is -2.10. The van der Waals surface area contributed by atoms with E-state index in [1.54, 1.807) is 37.3 Å². The summed E-state index contributed by atoms with van der Waals surface area (Å²) in [4.78, 5) is 22.9. The van der Waals surface area contributed by atoms with Crippen LogP contribution in [-0.2, 0) is 6.18 Å². The molecule has 0 fully saturated rings. The van der Waals surface area contributed by atoms with E-state index in [2.05, 4.69) is 10.4 Å².